The zero-order valence-electron chi connectivity index (χ0n) is 10.7. The normalized spacial score (nSPS) is 10.5. The average Bonchev–Trinajstić information content (AvgIpc) is 2.74. The van der Waals surface area contributed by atoms with Crippen LogP contribution in [-0.2, 0) is 6.54 Å². The third-order valence-electron chi connectivity index (χ3n) is 2.70. The Kier molecular flexibility index (Phi) is 4.39. The van der Waals surface area contributed by atoms with E-state index < -0.39 is 0 Å². The van der Waals surface area contributed by atoms with E-state index in [2.05, 4.69) is 15.3 Å². The lowest BCUT2D eigenvalue weighted by Crippen LogP contribution is -2.21. The molecule has 100 valence electrons. The Labute approximate surface area is 127 Å². The maximum absolute atomic E-state index is 6.05. The summed E-state index contributed by atoms with van der Waals surface area (Å²) in [6, 6.07) is 5.51. The van der Waals surface area contributed by atoms with Crippen molar-refractivity contribution in [3.8, 4) is 0 Å². The van der Waals surface area contributed by atoms with Crippen LogP contribution in [0.4, 0.5) is 5.69 Å². The van der Waals surface area contributed by atoms with Crippen LogP contribution in [0.1, 0.15) is 16.3 Å². The van der Waals surface area contributed by atoms with Gasteiger partial charge in [-0.15, -0.1) is 11.3 Å². The SMILES string of the molecule is Cc1nc(CN(C)c2cc(Cl)ccc2C(N)=S)cs1. The topological polar surface area (TPSA) is 42.2 Å². The van der Waals surface area contributed by atoms with E-state index in [1.165, 1.54) is 0 Å². The fraction of sp³-hybridized carbons (Fsp3) is 0.231. The summed E-state index contributed by atoms with van der Waals surface area (Å²) in [5.74, 6) is 0. The Hall–Kier alpha value is -1.17. The highest BCUT2D eigenvalue weighted by molar-refractivity contribution is 7.80. The van der Waals surface area contributed by atoms with Crippen molar-refractivity contribution in [1.29, 1.82) is 0 Å². The minimum absolute atomic E-state index is 0.368. The molecule has 0 bridgehead atoms. The van der Waals surface area contributed by atoms with Crippen molar-refractivity contribution in [3.63, 3.8) is 0 Å². The summed E-state index contributed by atoms with van der Waals surface area (Å²) in [5, 5.41) is 3.77. The van der Waals surface area contributed by atoms with Gasteiger partial charge in [0, 0.05) is 28.7 Å². The molecule has 1 aromatic carbocycles. The van der Waals surface area contributed by atoms with Gasteiger partial charge < -0.3 is 10.6 Å². The molecule has 1 heterocycles. The molecular weight excluding hydrogens is 298 g/mol. The van der Waals surface area contributed by atoms with Crippen molar-refractivity contribution in [1.82, 2.24) is 4.98 Å². The molecule has 3 nitrogen and oxygen atoms in total. The monoisotopic (exact) mass is 311 g/mol. The van der Waals surface area contributed by atoms with Crippen molar-refractivity contribution >= 4 is 45.8 Å². The summed E-state index contributed by atoms with van der Waals surface area (Å²) >= 11 is 12.8. The smallest absolute Gasteiger partial charge is 0.106 e. The van der Waals surface area contributed by atoms with E-state index in [4.69, 9.17) is 29.6 Å². The number of hydrogen-bond acceptors (Lipinski definition) is 4. The summed E-state index contributed by atoms with van der Waals surface area (Å²) in [7, 11) is 1.97. The molecule has 0 radical (unpaired) electrons. The number of benzene rings is 1. The molecule has 0 fully saturated rings. The van der Waals surface area contributed by atoms with E-state index in [1.807, 2.05) is 26.1 Å². The van der Waals surface area contributed by atoms with E-state index in [0.29, 0.717) is 16.6 Å². The van der Waals surface area contributed by atoms with E-state index in [1.54, 1.807) is 17.4 Å². The van der Waals surface area contributed by atoms with E-state index in [9.17, 15) is 0 Å². The lowest BCUT2D eigenvalue weighted by Gasteiger charge is -2.21. The van der Waals surface area contributed by atoms with Crippen LogP contribution in [0.2, 0.25) is 5.02 Å². The Bertz CT molecular complexity index is 610. The van der Waals surface area contributed by atoms with Crippen LogP contribution in [0.3, 0.4) is 0 Å². The predicted molar refractivity (Wildman–Crippen MR) is 86.3 cm³/mol. The second-order valence-electron chi connectivity index (χ2n) is 4.24. The van der Waals surface area contributed by atoms with E-state index >= 15 is 0 Å². The fourth-order valence-corrected chi connectivity index (χ4v) is 2.78. The third kappa shape index (κ3) is 3.43. The van der Waals surface area contributed by atoms with Gasteiger partial charge in [-0.05, 0) is 25.1 Å². The van der Waals surface area contributed by atoms with E-state index in [-0.39, 0.29) is 0 Å². The number of thiocarbonyl (C=S) groups is 1. The van der Waals surface area contributed by atoms with Crippen LogP contribution in [0.15, 0.2) is 23.6 Å². The summed E-state index contributed by atoms with van der Waals surface area (Å²) in [6.45, 7) is 2.69. The van der Waals surface area contributed by atoms with E-state index in [0.717, 1.165) is 22.0 Å². The molecule has 1 aromatic heterocycles. The number of thiazole rings is 1. The van der Waals surface area contributed by atoms with Gasteiger partial charge in [0.25, 0.3) is 0 Å². The highest BCUT2D eigenvalue weighted by Crippen LogP contribution is 2.25. The molecule has 2 rings (SSSR count). The first kappa shape index (κ1) is 14.2. The number of aromatic nitrogens is 1. The number of nitrogens with two attached hydrogens (primary N) is 1. The number of halogens is 1. The molecule has 0 amide bonds. The van der Waals surface area contributed by atoms with Crippen LogP contribution in [0.25, 0.3) is 0 Å². The Morgan fingerprint density at radius 1 is 1.53 bits per heavy atom. The Morgan fingerprint density at radius 3 is 2.84 bits per heavy atom. The van der Waals surface area contributed by atoms with Gasteiger partial charge in [0.2, 0.25) is 0 Å². The summed E-state index contributed by atoms with van der Waals surface area (Å²) in [4.78, 5) is 6.87. The molecule has 0 saturated carbocycles. The summed E-state index contributed by atoms with van der Waals surface area (Å²) in [6.07, 6.45) is 0. The second kappa shape index (κ2) is 5.86. The Morgan fingerprint density at radius 2 is 2.26 bits per heavy atom. The third-order valence-corrected chi connectivity index (χ3v) is 3.98. The molecule has 0 aliphatic heterocycles. The van der Waals surface area contributed by atoms with Gasteiger partial charge in [0.15, 0.2) is 0 Å². The Balaban J connectivity index is 2.29. The zero-order valence-corrected chi connectivity index (χ0v) is 13.1. The summed E-state index contributed by atoms with van der Waals surface area (Å²) in [5.41, 5.74) is 8.52. The van der Waals surface area contributed by atoms with Crippen molar-refractivity contribution in [2.75, 3.05) is 11.9 Å². The van der Waals surface area contributed by atoms with Crippen LogP contribution >= 0.6 is 35.2 Å². The number of aryl methyl sites for hydroxylation is 1. The van der Waals surface area contributed by atoms with Gasteiger partial charge in [-0.1, -0.05) is 23.8 Å². The van der Waals surface area contributed by atoms with Gasteiger partial charge in [0.1, 0.15) is 4.99 Å². The van der Waals surface area contributed by atoms with Crippen LogP contribution in [-0.4, -0.2) is 17.0 Å². The molecule has 0 aliphatic carbocycles. The lowest BCUT2D eigenvalue weighted by atomic mass is 10.1. The first-order chi connectivity index (χ1) is 8.97. The predicted octanol–water partition coefficient (Wildman–Crippen LogP) is 3.38. The van der Waals surface area contributed by atoms with Crippen molar-refractivity contribution in [2.45, 2.75) is 13.5 Å². The van der Waals surface area contributed by atoms with Crippen molar-refractivity contribution in [3.05, 3.63) is 44.9 Å². The first-order valence-electron chi connectivity index (χ1n) is 5.69. The standard InChI is InChI=1S/C13H14ClN3S2/c1-8-16-10(7-19-8)6-17(2)12-5-9(14)3-4-11(12)13(15)18/h3-5,7H,6H2,1-2H3,(H2,15,18). The molecule has 0 unspecified atom stereocenters. The molecule has 0 aliphatic rings. The number of anilines is 1. The number of nitrogens with zero attached hydrogens (tertiary/aromatic N) is 2. The maximum atomic E-state index is 6.05. The molecule has 6 heteroatoms. The van der Waals surface area contributed by atoms with Crippen molar-refractivity contribution < 1.29 is 0 Å². The van der Waals surface area contributed by atoms with Crippen LogP contribution < -0.4 is 10.6 Å². The molecule has 2 N–H and O–H groups in total. The molecule has 0 saturated heterocycles. The van der Waals surface area contributed by atoms with Gasteiger partial charge in [-0.2, -0.15) is 0 Å². The first-order valence-corrected chi connectivity index (χ1v) is 7.35. The minimum Gasteiger partial charge on any atom is -0.389 e. The van der Waals surface area contributed by atoms with Gasteiger partial charge in [0.05, 0.1) is 17.2 Å². The highest BCUT2D eigenvalue weighted by Gasteiger charge is 2.12. The lowest BCUT2D eigenvalue weighted by molar-refractivity contribution is 0.889. The van der Waals surface area contributed by atoms with Gasteiger partial charge in [-0.3, -0.25) is 0 Å². The summed E-state index contributed by atoms with van der Waals surface area (Å²) < 4.78 is 0. The molecule has 0 atom stereocenters. The van der Waals surface area contributed by atoms with Crippen molar-refractivity contribution in [2.24, 2.45) is 5.73 Å². The quantitative estimate of drug-likeness (QED) is 0.879. The number of hydrogen-bond donors (Lipinski definition) is 1. The zero-order chi connectivity index (χ0) is 14.0. The minimum atomic E-state index is 0.368. The van der Waals surface area contributed by atoms with Gasteiger partial charge >= 0.3 is 0 Å². The maximum Gasteiger partial charge on any atom is 0.106 e. The van der Waals surface area contributed by atoms with Gasteiger partial charge in [-0.25, -0.2) is 4.98 Å². The molecule has 2 aromatic rings. The fourth-order valence-electron chi connectivity index (χ4n) is 1.84. The van der Waals surface area contributed by atoms with Crippen LogP contribution in [0.5, 0.6) is 0 Å². The second-order valence-corrected chi connectivity index (χ2v) is 6.18. The molecule has 19 heavy (non-hydrogen) atoms. The molecule has 0 spiro atoms. The molecular formula is C13H14ClN3S2. The largest absolute Gasteiger partial charge is 0.389 e. The average molecular weight is 312 g/mol. The highest BCUT2D eigenvalue weighted by atomic mass is 35.5. The number of rotatable bonds is 4. The van der Waals surface area contributed by atoms with Crippen LogP contribution in [0, 0.1) is 6.92 Å².